The van der Waals surface area contributed by atoms with Gasteiger partial charge in [-0.2, -0.15) is 0 Å². The standard InChI is InChI=1S/C18H35NO3/c1-6-15(4)17(16-9-8-10-22-13-16)18(20)19(7-2)11-14(3)12-21-5/h14-17H,6-13H2,1-5H3. The number of amides is 1. The topological polar surface area (TPSA) is 38.8 Å². The zero-order valence-electron chi connectivity index (χ0n) is 15.1. The van der Waals surface area contributed by atoms with Gasteiger partial charge in [0.25, 0.3) is 0 Å². The Bertz CT molecular complexity index is 315. The molecular formula is C18H35NO3. The van der Waals surface area contributed by atoms with Crippen molar-refractivity contribution in [3.05, 3.63) is 0 Å². The van der Waals surface area contributed by atoms with Gasteiger partial charge in [0.2, 0.25) is 5.91 Å². The van der Waals surface area contributed by atoms with E-state index >= 15 is 0 Å². The molecule has 4 nitrogen and oxygen atoms in total. The van der Waals surface area contributed by atoms with Crippen molar-refractivity contribution in [2.45, 2.75) is 47.0 Å². The number of carbonyl (C=O) groups excluding carboxylic acids is 1. The Labute approximate surface area is 136 Å². The summed E-state index contributed by atoms with van der Waals surface area (Å²) in [5.41, 5.74) is 0. The summed E-state index contributed by atoms with van der Waals surface area (Å²) in [7, 11) is 1.72. The first-order valence-corrected chi connectivity index (χ1v) is 8.90. The molecule has 0 aliphatic carbocycles. The molecule has 0 bridgehead atoms. The second-order valence-electron chi connectivity index (χ2n) is 6.83. The smallest absolute Gasteiger partial charge is 0.226 e. The van der Waals surface area contributed by atoms with E-state index in [9.17, 15) is 4.79 Å². The third-order valence-electron chi connectivity index (χ3n) is 4.92. The highest BCUT2D eigenvalue weighted by Gasteiger charge is 2.36. The third-order valence-corrected chi connectivity index (χ3v) is 4.92. The Kier molecular flexibility index (Phi) is 9.03. The summed E-state index contributed by atoms with van der Waals surface area (Å²) in [6.07, 6.45) is 3.24. The van der Waals surface area contributed by atoms with Gasteiger partial charge in [0.1, 0.15) is 0 Å². The number of rotatable bonds is 9. The molecule has 1 saturated heterocycles. The van der Waals surface area contributed by atoms with Gasteiger partial charge in [-0.25, -0.2) is 0 Å². The van der Waals surface area contributed by atoms with Crippen LogP contribution in [0, 0.1) is 23.7 Å². The van der Waals surface area contributed by atoms with E-state index in [0.717, 1.165) is 45.6 Å². The number of ether oxygens (including phenoxy) is 2. The van der Waals surface area contributed by atoms with Crippen LogP contribution in [0.2, 0.25) is 0 Å². The van der Waals surface area contributed by atoms with Crippen LogP contribution in [-0.4, -0.2) is 50.8 Å². The molecule has 0 aromatic carbocycles. The summed E-state index contributed by atoms with van der Waals surface area (Å²) in [6.45, 7) is 12.4. The van der Waals surface area contributed by atoms with Gasteiger partial charge >= 0.3 is 0 Å². The fraction of sp³-hybridized carbons (Fsp3) is 0.944. The van der Waals surface area contributed by atoms with Gasteiger partial charge in [-0.15, -0.1) is 0 Å². The monoisotopic (exact) mass is 313 g/mol. The van der Waals surface area contributed by atoms with Crippen molar-refractivity contribution < 1.29 is 14.3 Å². The Morgan fingerprint density at radius 3 is 2.59 bits per heavy atom. The normalized spacial score (nSPS) is 22.9. The van der Waals surface area contributed by atoms with Gasteiger partial charge in [-0.05, 0) is 37.5 Å². The summed E-state index contributed by atoms with van der Waals surface area (Å²) >= 11 is 0. The van der Waals surface area contributed by atoms with Crippen molar-refractivity contribution in [1.29, 1.82) is 0 Å². The Balaban J connectivity index is 2.79. The van der Waals surface area contributed by atoms with E-state index in [1.54, 1.807) is 7.11 Å². The maximum absolute atomic E-state index is 13.1. The van der Waals surface area contributed by atoms with Crippen LogP contribution >= 0.6 is 0 Å². The highest BCUT2D eigenvalue weighted by molar-refractivity contribution is 5.79. The lowest BCUT2D eigenvalue weighted by Gasteiger charge is -2.37. The van der Waals surface area contributed by atoms with Crippen LogP contribution in [0.4, 0.5) is 0 Å². The van der Waals surface area contributed by atoms with E-state index in [1.807, 2.05) is 4.90 Å². The van der Waals surface area contributed by atoms with Gasteiger partial charge < -0.3 is 14.4 Å². The number of methoxy groups -OCH3 is 1. The molecule has 1 rings (SSSR count). The molecule has 4 atom stereocenters. The average molecular weight is 313 g/mol. The first-order valence-electron chi connectivity index (χ1n) is 8.90. The van der Waals surface area contributed by atoms with Crippen molar-refractivity contribution in [3.8, 4) is 0 Å². The molecule has 22 heavy (non-hydrogen) atoms. The Hall–Kier alpha value is -0.610. The quantitative estimate of drug-likeness (QED) is 0.656. The molecule has 1 heterocycles. The molecule has 1 amide bonds. The largest absolute Gasteiger partial charge is 0.384 e. The van der Waals surface area contributed by atoms with E-state index < -0.39 is 0 Å². The second kappa shape index (κ2) is 10.2. The SMILES string of the molecule is CCC(C)C(C(=O)N(CC)CC(C)COC)C1CCCOC1. The highest BCUT2D eigenvalue weighted by Crippen LogP contribution is 2.31. The molecule has 0 radical (unpaired) electrons. The molecule has 1 aliphatic rings. The van der Waals surface area contributed by atoms with Crippen LogP contribution in [-0.2, 0) is 14.3 Å². The molecular weight excluding hydrogens is 278 g/mol. The van der Waals surface area contributed by atoms with Crippen molar-refractivity contribution in [2.75, 3.05) is 40.0 Å². The fourth-order valence-electron chi connectivity index (χ4n) is 3.51. The van der Waals surface area contributed by atoms with Crippen molar-refractivity contribution in [3.63, 3.8) is 0 Å². The first kappa shape index (κ1) is 19.4. The summed E-state index contributed by atoms with van der Waals surface area (Å²) in [5.74, 6) is 1.57. The van der Waals surface area contributed by atoms with Crippen molar-refractivity contribution >= 4 is 5.91 Å². The lowest BCUT2D eigenvalue weighted by molar-refractivity contribution is -0.142. The maximum atomic E-state index is 13.1. The first-order chi connectivity index (χ1) is 10.5. The van der Waals surface area contributed by atoms with Gasteiger partial charge in [0.05, 0.1) is 13.2 Å². The fourth-order valence-corrected chi connectivity index (χ4v) is 3.51. The van der Waals surface area contributed by atoms with Crippen LogP contribution in [0.15, 0.2) is 0 Å². The number of nitrogens with zero attached hydrogens (tertiary/aromatic N) is 1. The molecule has 1 fully saturated rings. The third kappa shape index (κ3) is 5.54. The molecule has 4 unspecified atom stereocenters. The van der Waals surface area contributed by atoms with Gasteiger partial charge in [0, 0.05) is 32.7 Å². The van der Waals surface area contributed by atoms with E-state index in [0.29, 0.717) is 30.3 Å². The van der Waals surface area contributed by atoms with Crippen LogP contribution in [0.1, 0.15) is 47.0 Å². The summed E-state index contributed by atoms with van der Waals surface area (Å²) < 4.78 is 10.9. The van der Waals surface area contributed by atoms with Crippen LogP contribution in [0.5, 0.6) is 0 Å². The summed E-state index contributed by atoms with van der Waals surface area (Å²) in [4.78, 5) is 15.2. The Morgan fingerprint density at radius 1 is 1.36 bits per heavy atom. The zero-order chi connectivity index (χ0) is 16.5. The Morgan fingerprint density at radius 2 is 2.09 bits per heavy atom. The molecule has 0 aromatic heterocycles. The van der Waals surface area contributed by atoms with E-state index in [-0.39, 0.29) is 5.92 Å². The highest BCUT2D eigenvalue weighted by atomic mass is 16.5. The molecule has 0 spiro atoms. The lowest BCUT2D eigenvalue weighted by Crippen LogP contribution is -2.45. The second-order valence-corrected chi connectivity index (χ2v) is 6.83. The molecule has 4 heteroatoms. The van der Waals surface area contributed by atoms with Crippen LogP contribution in [0.3, 0.4) is 0 Å². The van der Waals surface area contributed by atoms with E-state index in [4.69, 9.17) is 9.47 Å². The van der Waals surface area contributed by atoms with Gasteiger partial charge in [-0.1, -0.05) is 27.2 Å². The van der Waals surface area contributed by atoms with Crippen molar-refractivity contribution in [1.82, 2.24) is 4.90 Å². The van der Waals surface area contributed by atoms with Crippen LogP contribution < -0.4 is 0 Å². The number of carbonyl (C=O) groups is 1. The zero-order valence-corrected chi connectivity index (χ0v) is 15.1. The summed E-state index contributed by atoms with van der Waals surface area (Å²) in [5, 5.41) is 0. The van der Waals surface area contributed by atoms with Crippen molar-refractivity contribution in [2.24, 2.45) is 23.7 Å². The molecule has 1 aliphatic heterocycles. The predicted octanol–water partition coefficient (Wildman–Crippen LogP) is 3.21. The van der Waals surface area contributed by atoms with Gasteiger partial charge in [-0.3, -0.25) is 4.79 Å². The summed E-state index contributed by atoms with van der Waals surface area (Å²) in [6, 6.07) is 0. The molecule has 130 valence electrons. The predicted molar refractivity (Wildman–Crippen MR) is 89.8 cm³/mol. The van der Waals surface area contributed by atoms with Gasteiger partial charge in [0.15, 0.2) is 0 Å². The van der Waals surface area contributed by atoms with E-state index in [2.05, 4.69) is 27.7 Å². The molecule has 0 saturated carbocycles. The molecule has 0 N–H and O–H groups in total. The minimum atomic E-state index is 0.0972. The van der Waals surface area contributed by atoms with E-state index in [1.165, 1.54) is 0 Å². The maximum Gasteiger partial charge on any atom is 0.226 e. The molecule has 0 aromatic rings. The number of hydrogen-bond acceptors (Lipinski definition) is 3. The number of hydrogen-bond donors (Lipinski definition) is 0. The van der Waals surface area contributed by atoms with Crippen LogP contribution in [0.25, 0.3) is 0 Å². The average Bonchev–Trinajstić information content (AvgIpc) is 2.53. The minimum Gasteiger partial charge on any atom is -0.384 e. The minimum absolute atomic E-state index is 0.0972. The lowest BCUT2D eigenvalue weighted by atomic mass is 9.77.